The molecule has 2 aromatic carbocycles. The summed E-state index contributed by atoms with van der Waals surface area (Å²) < 4.78 is 27.3. The van der Waals surface area contributed by atoms with Gasteiger partial charge in [-0.25, -0.2) is 13.1 Å². The normalized spacial score (nSPS) is 11.8. The molecule has 0 bridgehead atoms. The quantitative estimate of drug-likeness (QED) is 0.754. The first-order chi connectivity index (χ1) is 11.8. The third-order valence-corrected chi connectivity index (χ3v) is 5.57. The van der Waals surface area contributed by atoms with Crippen LogP contribution in [0.1, 0.15) is 22.3 Å². The molecule has 0 fully saturated rings. The van der Waals surface area contributed by atoms with E-state index in [9.17, 15) is 13.2 Å². The molecule has 0 spiro atoms. The molecule has 0 unspecified atom stereocenters. The minimum absolute atomic E-state index is 0.0610. The van der Waals surface area contributed by atoms with Crippen LogP contribution < -0.4 is 10.3 Å². The summed E-state index contributed by atoms with van der Waals surface area (Å²) in [6.45, 7) is 5.75. The van der Waals surface area contributed by atoms with E-state index in [1.807, 2.05) is 32.9 Å². The highest BCUT2D eigenvalue weighted by atomic mass is 32.2. The van der Waals surface area contributed by atoms with Crippen LogP contribution in [0.2, 0.25) is 0 Å². The molecule has 130 valence electrons. The van der Waals surface area contributed by atoms with Crippen molar-refractivity contribution < 1.29 is 8.42 Å². The van der Waals surface area contributed by atoms with Gasteiger partial charge < -0.3 is 4.98 Å². The van der Waals surface area contributed by atoms with Gasteiger partial charge >= 0.3 is 0 Å². The Labute approximate surface area is 146 Å². The van der Waals surface area contributed by atoms with Gasteiger partial charge in [-0.1, -0.05) is 29.3 Å². The van der Waals surface area contributed by atoms with E-state index in [0.29, 0.717) is 5.56 Å². The number of aryl methyl sites for hydroxylation is 3. The molecule has 3 rings (SSSR count). The predicted molar refractivity (Wildman–Crippen MR) is 99.2 cm³/mol. The highest BCUT2D eigenvalue weighted by Crippen LogP contribution is 2.18. The molecule has 0 aliphatic rings. The Bertz CT molecular complexity index is 1100. The average molecular weight is 356 g/mol. The van der Waals surface area contributed by atoms with E-state index in [4.69, 9.17) is 0 Å². The molecule has 25 heavy (non-hydrogen) atoms. The zero-order chi connectivity index (χ0) is 18.2. The molecular formula is C19H20N2O3S. The molecule has 5 nitrogen and oxygen atoms in total. The van der Waals surface area contributed by atoms with Gasteiger partial charge in [-0.05, 0) is 56.0 Å². The Morgan fingerprint density at radius 2 is 1.64 bits per heavy atom. The number of H-pyrrole nitrogens is 1. The summed E-state index contributed by atoms with van der Waals surface area (Å²) >= 11 is 0. The number of pyridine rings is 1. The van der Waals surface area contributed by atoms with Gasteiger partial charge in [-0.15, -0.1) is 0 Å². The van der Waals surface area contributed by atoms with Gasteiger partial charge in [-0.3, -0.25) is 4.79 Å². The summed E-state index contributed by atoms with van der Waals surface area (Å²) in [6.07, 6.45) is 0. The molecule has 2 N–H and O–H groups in total. The topological polar surface area (TPSA) is 79.0 Å². The molecular weight excluding hydrogens is 336 g/mol. The highest BCUT2D eigenvalue weighted by molar-refractivity contribution is 7.89. The lowest BCUT2D eigenvalue weighted by Crippen LogP contribution is -2.27. The smallest absolute Gasteiger partial charge is 0.252 e. The second-order valence-corrected chi connectivity index (χ2v) is 8.07. The van der Waals surface area contributed by atoms with Crippen LogP contribution in [0.4, 0.5) is 0 Å². The molecule has 0 radical (unpaired) electrons. The first kappa shape index (κ1) is 17.4. The van der Waals surface area contributed by atoms with Gasteiger partial charge in [0, 0.05) is 12.1 Å². The molecule has 6 heteroatoms. The van der Waals surface area contributed by atoms with E-state index in [0.717, 1.165) is 27.6 Å². The zero-order valence-electron chi connectivity index (χ0n) is 14.4. The van der Waals surface area contributed by atoms with E-state index in [1.165, 1.54) is 0 Å². The Balaban J connectivity index is 1.91. The van der Waals surface area contributed by atoms with E-state index in [1.54, 1.807) is 30.3 Å². The zero-order valence-corrected chi connectivity index (χ0v) is 15.2. The van der Waals surface area contributed by atoms with Crippen LogP contribution in [0.25, 0.3) is 10.9 Å². The lowest BCUT2D eigenvalue weighted by molar-refractivity contribution is 0.581. The third-order valence-electron chi connectivity index (χ3n) is 4.15. The summed E-state index contributed by atoms with van der Waals surface area (Å²) in [5, 5.41) is 0.890. The fourth-order valence-corrected chi connectivity index (χ4v) is 3.84. The lowest BCUT2D eigenvalue weighted by Gasteiger charge is -2.09. The summed E-state index contributed by atoms with van der Waals surface area (Å²) in [5.41, 5.74) is 3.93. The number of hydrogen-bond donors (Lipinski definition) is 2. The molecule has 0 saturated carbocycles. The summed E-state index contributed by atoms with van der Waals surface area (Å²) in [4.78, 5) is 15.3. The van der Waals surface area contributed by atoms with Crippen LogP contribution in [-0.2, 0) is 16.6 Å². The highest BCUT2D eigenvalue weighted by Gasteiger charge is 2.15. The van der Waals surface area contributed by atoms with Crippen LogP contribution >= 0.6 is 0 Å². The van der Waals surface area contributed by atoms with Crippen molar-refractivity contribution in [2.45, 2.75) is 32.2 Å². The SMILES string of the molecule is Cc1ccc(S(=O)(=O)NCc2cc3cc(C)cc(C)c3[nH]c2=O)cc1. The van der Waals surface area contributed by atoms with Crippen molar-refractivity contribution in [3.05, 3.63) is 75.1 Å². The second kappa shape index (κ2) is 6.46. The molecule has 0 aliphatic carbocycles. The Kier molecular flexibility index (Phi) is 4.49. The maximum Gasteiger partial charge on any atom is 0.252 e. The lowest BCUT2D eigenvalue weighted by atomic mass is 10.1. The summed E-state index contributed by atoms with van der Waals surface area (Å²) in [5.74, 6) is 0. The van der Waals surface area contributed by atoms with Crippen LogP contribution in [-0.4, -0.2) is 13.4 Å². The molecule has 3 aromatic rings. The minimum Gasteiger partial charge on any atom is -0.321 e. The maximum absolute atomic E-state index is 12.4. The number of fused-ring (bicyclic) bond motifs is 1. The number of aromatic amines is 1. The van der Waals surface area contributed by atoms with Crippen molar-refractivity contribution in [1.29, 1.82) is 0 Å². The van der Waals surface area contributed by atoms with Gasteiger partial charge in [0.1, 0.15) is 0 Å². The van der Waals surface area contributed by atoms with Crippen LogP contribution in [0.5, 0.6) is 0 Å². The van der Waals surface area contributed by atoms with E-state index in [2.05, 4.69) is 9.71 Å². The summed E-state index contributed by atoms with van der Waals surface area (Å²) in [7, 11) is -3.66. The number of rotatable bonds is 4. The Morgan fingerprint density at radius 1 is 0.960 bits per heavy atom. The van der Waals surface area contributed by atoms with Crippen molar-refractivity contribution in [2.75, 3.05) is 0 Å². The maximum atomic E-state index is 12.4. The first-order valence-electron chi connectivity index (χ1n) is 7.96. The van der Waals surface area contributed by atoms with Gasteiger partial charge in [0.2, 0.25) is 10.0 Å². The fourth-order valence-electron chi connectivity index (χ4n) is 2.84. The van der Waals surface area contributed by atoms with Crippen molar-refractivity contribution in [2.24, 2.45) is 0 Å². The fraction of sp³-hybridized carbons (Fsp3) is 0.211. The number of hydrogen-bond acceptors (Lipinski definition) is 3. The van der Waals surface area contributed by atoms with Crippen LogP contribution in [0.3, 0.4) is 0 Å². The molecule has 0 atom stereocenters. The van der Waals surface area contributed by atoms with Gasteiger partial charge in [0.15, 0.2) is 0 Å². The van der Waals surface area contributed by atoms with Gasteiger partial charge in [0.25, 0.3) is 5.56 Å². The number of nitrogens with one attached hydrogen (secondary N) is 2. The van der Waals surface area contributed by atoms with E-state index < -0.39 is 10.0 Å². The monoisotopic (exact) mass is 356 g/mol. The third kappa shape index (κ3) is 3.65. The van der Waals surface area contributed by atoms with E-state index in [-0.39, 0.29) is 17.0 Å². The molecule has 0 aliphatic heterocycles. The average Bonchev–Trinajstić information content (AvgIpc) is 2.54. The van der Waals surface area contributed by atoms with Crippen molar-refractivity contribution in [3.8, 4) is 0 Å². The number of aromatic nitrogens is 1. The van der Waals surface area contributed by atoms with Gasteiger partial charge in [0.05, 0.1) is 10.4 Å². The molecule has 1 heterocycles. The number of benzene rings is 2. The minimum atomic E-state index is -3.66. The first-order valence-corrected chi connectivity index (χ1v) is 9.44. The standard InChI is InChI=1S/C19H20N2O3S/c1-12-4-6-17(7-5-12)25(23,24)20-11-16-10-15-9-13(2)8-14(3)18(15)21-19(16)22/h4-10,20H,11H2,1-3H3,(H,21,22). The Hall–Kier alpha value is -2.44. The van der Waals surface area contributed by atoms with Crippen molar-refractivity contribution >= 4 is 20.9 Å². The Morgan fingerprint density at radius 3 is 2.32 bits per heavy atom. The predicted octanol–water partition coefficient (Wildman–Crippen LogP) is 2.93. The van der Waals surface area contributed by atoms with E-state index >= 15 is 0 Å². The largest absolute Gasteiger partial charge is 0.321 e. The van der Waals surface area contributed by atoms with Crippen LogP contribution in [0.15, 0.2) is 52.2 Å². The molecule has 0 saturated heterocycles. The van der Waals surface area contributed by atoms with Crippen molar-refractivity contribution in [3.63, 3.8) is 0 Å². The second-order valence-electron chi connectivity index (χ2n) is 6.31. The van der Waals surface area contributed by atoms with Crippen LogP contribution in [0, 0.1) is 20.8 Å². The molecule has 0 amide bonds. The van der Waals surface area contributed by atoms with Crippen molar-refractivity contribution in [1.82, 2.24) is 9.71 Å². The van der Waals surface area contributed by atoms with Gasteiger partial charge in [-0.2, -0.15) is 0 Å². The number of sulfonamides is 1. The summed E-state index contributed by atoms with van der Waals surface area (Å²) in [6, 6.07) is 12.3. The molecule has 1 aromatic heterocycles.